The molecule has 0 fully saturated rings. The van der Waals surface area contributed by atoms with Crippen LogP contribution in [0.5, 0.6) is 5.75 Å². The molecule has 156 valence electrons. The minimum absolute atomic E-state index is 0.270. The summed E-state index contributed by atoms with van der Waals surface area (Å²) in [5.41, 5.74) is 1.18. The number of aromatic carboxylic acids is 1. The summed E-state index contributed by atoms with van der Waals surface area (Å²) in [6.07, 6.45) is 1.38. The number of aromatic nitrogens is 1. The average molecular weight is 421 g/mol. The number of carboxylic acid groups (broad SMARTS) is 1. The fourth-order valence-corrected chi connectivity index (χ4v) is 3.53. The molecule has 8 heteroatoms. The number of carbonyl (C=O) groups is 1. The minimum Gasteiger partial charge on any atom is -0.490 e. The van der Waals surface area contributed by atoms with E-state index in [0.717, 1.165) is 11.1 Å². The predicted octanol–water partition coefficient (Wildman–Crippen LogP) is 3.53. The lowest BCUT2D eigenvalue weighted by Crippen LogP contribution is -2.51. The molecule has 7 nitrogen and oxygen atoms in total. The number of carboxylic acids is 1. The second-order valence-electron chi connectivity index (χ2n) is 7.80. The van der Waals surface area contributed by atoms with Gasteiger partial charge in [-0.25, -0.2) is 4.79 Å². The first-order valence-corrected chi connectivity index (χ1v) is 9.82. The summed E-state index contributed by atoms with van der Waals surface area (Å²) in [4.78, 5) is 23.8. The van der Waals surface area contributed by atoms with E-state index in [9.17, 15) is 14.7 Å². The minimum atomic E-state index is -1.25. The highest BCUT2D eigenvalue weighted by Crippen LogP contribution is 2.38. The Morgan fingerprint density at radius 3 is 2.59 bits per heavy atom. The lowest BCUT2D eigenvalue weighted by molar-refractivity contribution is 0.0694. The first-order chi connectivity index (χ1) is 13.6. The van der Waals surface area contributed by atoms with Crippen LogP contribution in [0.25, 0.3) is 11.3 Å². The maximum atomic E-state index is 12.4. The number of hydrogen-bond acceptors (Lipinski definition) is 5. The van der Waals surface area contributed by atoms with Gasteiger partial charge >= 0.3 is 5.97 Å². The third kappa shape index (κ3) is 4.26. The van der Waals surface area contributed by atoms with Gasteiger partial charge in [-0.3, -0.25) is 9.47 Å². The van der Waals surface area contributed by atoms with Crippen molar-refractivity contribution in [2.24, 2.45) is 0 Å². The molecule has 2 heterocycles. The zero-order valence-electron chi connectivity index (χ0n) is 17.0. The summed E-state index contributed by atoms with van der Waals surface area (Å²) in [5, 5.41) is 11.8. The van der Waals surface area contributed by atoms with Crippen molar-refractivity contribution in [2.75, 3.05) is 24.8 Å². The van der Waals surface area contributed by atoms with Crippen LogP contribution in [0.4, 0.5) is 0 Å². The molecule has 0 saturated heterocycles. The first-order valence-electron chi connectivity index (χ1n) is 9.44. The molecule has 0 saturated carbocycles. The van der Waals surface area contributed by atoms with Crippen molar-refractivity contribution in [2.45, 2.75) is 39.8 Å². The highest BCUT2D eigenvalue weighted by Gasteiger charge is 2.31. The van der Waals surface area contributed by atoms with Gasteiger partial charge < -0.3 is 19.6 Å². The molecular weight excluding hydrogens is 396 g/mol. The van der Waals surface area contributed by atoms with Crippen molar-refractivity contribution in [3.05, 3.63) is 50.8 Å². The maximum absolute atomic E-state index is 12.4. The molecule has 0 spiro atoms. The molecule has 1 aliphatic rings. The van der Waals surface area contributed by atoms with E-state index in [-0.39, 0.29) is 11.1 Å². The van der Waals surface area contributed by atoms with Crippen molar-refractivity contribution in [1.82, 2.24) is 4.68 Å². The number of ether oxygens (including phenoxy) is 2. The van der Waals surface area contributed by atoms with Gasteiger partial charge in [-0.05, 0) is 45.4 Å². The van der Waals surface area contributed by atoms with E-state index in [1.165, 1.54) is 12.3 Å². The zero-order valence-corrected chi connectivity index (χ0v) is 17.7. The van der Waals surface area contributed by atoms with Crippen molar-refractivity contribution in [3.8, 4) is 17.0 Å². The van der Waals surface area contributed by atoms with E-state index >= 15 is 0 Å². The molecule has 1 N–H and O–H groups in total. The van der Waals surface area contributed by atoms with Gasteiger partial charge in [0, 0.05) is 30.0 Å². The molecule has 3 rings (SSSR count). The lowest BCUT2D eigenvalue weighted by Gasteiger charge is -2.43. The predicted molar refractivity (Wildman–Crippen MR) is 112 cm³/mol. The summed E-state index contributed by atoms with van der Waals surface area (Å²) in [7, 11) is 0. The van der Waals surface area contributed by atoms with Crippen LogP contribution in [0, 0.1) is 0 Å². The number of benzene rings is 1. The third-order valence-corrected chi connectivity index (χ3v) is 5.03. The van der Waals surface area contributed by atoms with E-state index in [0.29, 0.717) is 42.8 Å². The maximum Gasteiger partial charge on any atom is 0.341 e. The van der Waals surface area contributed by atoms with Gasteiger partial charge in [0.15, 0.2) is 5.43 Å². The second-order valence-corrected chi connectivity index (χ2v) is 8.21. The van der Waals surface area contributed by atoms with E-state index in [1.54, 1.807) is 10.7 Å². The molecule has 2 aromatic rings. The lowest BCUT2D eigenvalue weighted by atomic mass is 9.97. The first kappa shape index (κ1) is 21.2. The number of hydrogen-bond donors (Lipinski definition) is 1. The van der Waals surface area contributed by atoms with E-state index in [4.69, 9.17) is 21.1 Å². The van der Waals surface area contributed by atoms with Gasteiger partial charge in [0.25, 0.3) is 0 Å². The molecule has 0 radical (unpaired) electrons. The topological polar surface area (TPSA) is 81.0 Å². The van der Waals surface area contributed by atoms with Gasteiger partial charge in [-0.15, -0.1) is 0 Å². The van der Waals surface area contributed by atoms with E-state index in [1.807, 2.05) is 38.8 Å². The monoisotopic (exact) mass is 420 g/mol. The fraction of sp³-hybridized carbons (Fsp3) is 0.429. The molecule has 1 aromatic carbocycles. The van der Waals surface area contributed by atoms with Crippen LogP contribution in [-0.4, -0.2) is 41.1 Å². The van der Waals surface area contributed by atoms with Crippen molar-refractivity contribution in [3.63, 3.8) is 0 Å². The molecule has 29 heavy (non-hydrogen) atoms. The summed E-state index contributed by atoms with van der Waals surface area (Å²) in [6.45, 7) is 9.96. The summed E-state index contributed by atoms with van der Waals surface area (Å²) in [6, 6.07) is 4.99. The molecule has 0 amide bonds. The van der Waals surface area contributed by atoms with Gasteiger partial charge in [0.2, 0.25) is 0 Å². The Bertz CT molecular complexity index is 994. The Hall–Kier alpha value is -2.51. The number of pyridine rings is 1. The van der Waals surface area contributed by atoms with Gasteiger partial charge in [-0.1, -0.05) is 11.6 Å². The standard InChI is InChI=1S/C21H25ClN2O5/c1-5-28-6-7-29-19-8-13-11-24(21(2,3)4)23-12-15(20(26)27)18(25)10-17(23)14(13)9-16(19)22/h8-10,12H,5-7,11H2,1-4H3,(H,26,27). The Morgan fingerprint density at radius 1 is 1.24 bits per heavy atom. The number of fused-ring (bicyclic) bond motifs is 3. The second kappa shape index (κ2) is 8.08. The summed E-state index contributed by atoms with van der Waals surface area (Å²) in [5.74, 6) is -0.696. The Balaban J connectivity index is 2.11. The highest BCUT2D eigenvalue weighted by molar-refractivity contribution is 6.32. The SMILES string of the molecule is CCOCCOc1cc2c(cc1Cl)-c1cc(=O)c(C(=O)O)cn1N(C(C)(C)C)C2. The molecular formula is C21H25ClN2O5. The summed E-state index contributed by atoms with van der Waals surface area (Å²) >= 11 is 6.43. The number of rotatable bonds is 6. The van der Waals surface area contributed by atoms with Gasteiger partial charge in [0.1, 0.15) is 17.9 Å². The number of nitrogens with zero attached hydrogens (tertiary/aromatic N) is 2. The van der Waals surface area contributed by atoms with Crippen LogP contribution in [0.15, 0.2) is 29.2 Å². The Kier molecular flexibility index (Phi) is 5.91. The number of halogens is 1. The van der Waals surface area contributed by atoms with E-state index in [2.05, 4.69) is 0 Å². The van der Waals surface area contributed by atoms with Crippen molar-refractivity contribution < 1.29 is 19.4 Å². The molecule has 0 bridgehead atoms. The molecule has 1 aliphatic heterocycles. The van der Waals surface area contributed by atoms with Crippen LogP contribution in [-0.2, 0) is 11.3 Å². The normalized spacial score (nSPS) is 13.1. The molecule has 0 aliphatic carbocycles. The van der Waals surface area contributed by atoms with Gasteiger partial charge in [0.05, 0.1) is 23.9 Å². The van der Waals surface area contributed by atoms with Crippen LogP contribution >= 0.6 is 11.6 Å². The third-order valence-electron chi connectivity index (χ3n) is 4.74. The van der Waals surface area contributed by atoms with Crippen molar-refractivity contribution >= 4 is 17.6 Å². The van der Waals surface area contributed by atoms with Crippen molar-refractivity contribution in [1.29, 1.82) is 0 Å². The zero-order chi connectivity index (χ0) is 21.3. The quantitative estimate of drug-likeness (QED) is 0.720. The van der Waals surface area contributed by atoms with Crippen LogP contribution in [0.1, 0.15) is 43.6 Å². The average Bonchev–Trinajstić information content (AvgIpc) is 2.63. The smallest absolute Gasteiger partial charge is 0.341 e. The van der Waals surface area contributed by atoms with Crippen LogP contribution < -0.4 is 15.2 Å². The molecule has 0 atom stereocenters. The Labute approximate surface area is 174 Å². The Morgan fingerprint density at radius 2 is 1.97 bits per heavy atom. The van der Waals surface area contributed by atoms with E-state index < -0.39 is 11.4 Å². The molecule has 0 unspecified atom stereocenters. The molecule has 1 aromatic heterocycles. The highest BCUT2D eigenvalue weighted by atomic mass is 35.5. The van der Waals surface area contributed by atoms with Crippen LogP contribution in [0.2, 0.25) is 5.02 Å². The largest absolute Gasteiger partial charge is 0.490 e. The van der Waals surface area contributed by atoms with Crippen LogP contribution in [0.3, 0.4) is 0 Å². The fourth-order valence-electron chi connectivity index (χ4n) is 3.31. The summed E-state index contributed by atoms with van der Waals surface area (Å²) < 4.78 is 12.8. The van der Waals surface area contributed by atoms with Gasteiger partial charge in [-0.2, -0.15) is 0 Å².